The van der Waals surface area contributed by atoms with Crippen molar-refractivity contribution >= 4 is 17.3 Å². The number of Topliss-reactive ketones (excluding diaryl/α,β-unsaturated/α-hetero) is 3. The number of hydrogen-bond acceptors (Lipinski definition) is 7. The SMILES string of the molecule is CC1CCc2cc(F)c(F)cc2C12OCCO2.CC1CCc2cc(F)c(F)cc2C1=O.Cc1c(F)c(F)cc2c1CCC(C)C21OCCO1.Cc1c(F)c(F)cc2c1CCC(C)C2=O.O=C1CCCc2cc(F)c(F)cc21. The van der Waals surface area contributed by atoms with E-state index >= 15 is 0 Å². The van der Waals surface area contributed by atoms with Gasteiger partial charge in [0.1, 0.15) is 0 Å². The van der Waals surface area contributed by atoms with Crippen LogP contribution in [0.1, 0.15) is 147 Å². The first-order valence-electron chi connectivity index (χ1n) is 26.1. The van der Waals surface area contributed by atoms with Gasteiger partial charge in [0.2, 0.25) is 0 Å². The molecule has 0 radical (unpaired) electrons. The Morgan fingerprint density at radius 1 is 0.403 bits per heavy atom. The number of ether oxygens (including phenoxy) is 4. The average Bonchev–Trinajstić information content (AvgIpc) is 4.14. The molecule has 2 heterocycles. The Kier molecular flexibility index (Phi) is 17.4. The maximum Gasteiger partial charge on any atom is 0.197 e. The largest absolute Gasteiger partial charge is 0.343 e. The summed E-state index contributed by atoms with van der Waals surface area (Å²) in [5.74, 6) is -10.4. The topological polar surface area (TPSA) is 88.1 Å². The first-order chi connectivity index (χ1) is 36.5. The molecule has 17 heteroatoms. The van der Waals surface area contributed by atoms with Gasteiger partial charge in [0, 0.05) is 57.9 Å². The Hall–Kier alpha value is -5.75. The molecule has 0 bridgehead atoms. The van der Waals surface area contributed by atoms with Gasteiger partial charge in [-0.15, -0.1) is 0 Å². The van der Waals surface area contributed by atoms with Crippen molar-refractivity contribution in [2.45, 2.75) is 124 Å². The molecule has 2 spiro atoms. The highest BCUT2D eigenvalue weighted by molar-refractivity contribution is 6.01. The minimum Gasteiger partial charge on any atom is -0.343 e. The van der Waals surface area contributed by atoms with Gasteiger partial charge in [0.25, 0.3) is 0 Å². The highest BCUT2D eigenvalue weighted by atomic mass is 19.2. The number of hydrogen-bond donors (Lipinski definition) is 0. The zero-order chi connectivity index (χ0) is 55.8. The molecule has 0 saturated carbocycles. The normalized spacial score (nSPS) is 22.1. The number of carbonyl (C=O) groups is 3. The molecule has 4 unspecified atom stereocenters. The third-order valence-corrected chi connectivity index (χ3v) is 16.0. The van der Waals surface area contributed by atoms with E-state index in [1.54, 1.807) is 6.92 Å². The Balaban J connectivity index is 0.000000128. The smallest absolute Gasteiger partial charge is 0.197 e. The van der Waals surface area contributed by atoms with Crippen molar-refractivity contribution in [1.82, 2.24) is 0 Å². The van der Waals surface area contributed by atoms with E-state index in [9.17, 15) is 58.3 Å². The van der Waals surface area contributed by atoms with Crippen LogP contribution in [0, 0.1) is 95.7 Å². The van der Waals surface area contributed by atoms with E-state index in [0.29, 0.717) is 102 Å². The van der Waals surface area contributed by atoms with Crippen molar-refractivity contribution in [2.75, 3.05) is 26.4 Å². The second kappa shape index (κ2) is 23.3. The van der Waals surface area contributed by atoms with Gasteiger partial charge in [-0.3, -0.25) is 14.4 Å². The van der Waals surface area contributed by atoms with Crippen LogP contribution in [0.25, 0.3) is 0 Å². The molecule has 5 aromatic carbocycles. The maximum atomic E-state index is 13.6. The van der Waals surface area contributed by atoms with Crippen LogP contribution in [0.2, 0.25) is 0 Å². The standard InChI is InChI=1S/C14H16F2O2.C13H14F2O2.C12H12F2O.C11H10F2O.C10H8F2O/c1-8-3-4-10-9(2)13(16)12(15)7-11(10)14(8)17-5-6-18-14;1-8-2-3-9-6-11(14)12(15)7-10(9)13(8)16-4-5-17-13;1-6-3-4-8-7(2)11(14)10(13)5-9(8)12(6)15;1-6-2-3-7-4-9(12)10(13)5-8(7)11(6)14;11-8-4-6-2-1-3-10(13)7(6)5-9(8)12/h7-8H,3-6H2,1-2H3;6-8H,2-5H2,1H3;5-6H,3-4H2,1-2H3;4-6H,2-3H2,1H3;4-5H,1-3H2. The molecule has 7 aliphatic rings. The molecule has 77 heavy (non-hydrogen) atoms. The van der Waals surface area contributed by atoms with E-state index in [2.05, 4.69) is 0 Å². The van der Waals surface area contributed by atoms with Crippen molar-refractivity contribution in [3.8, 4) is 0 Å². The van der Waals surface area contributed by atoms with E-state index < -0.39 is 69.7 Å². The highest BCUT2D eigenvalue weighted by Crippen LogP contribution is 2.48. The van der Waals surface area contributed by atoms with Crippen LogP contribution in [0.3, 0.4) is 0 Å². The number of aryl methyl sites for hydroxylation is 3. The lowest BCUT2D eigenvalue weighted by atomic mass is 9.77. The van der Waals surface area contributed by atoms with Crippen LogP contribution in [0.5, 0.6) is 0 Å². The van der Waals surface area contributed by atoms with Gasteiger partial charge in [-0.1, -0.05) is 27.7 Å². The van der Waals surface area contributed by atoms with Crippen molar-refractivity contribution in [1.29, 1.82) is 0 Å². The van der Waals surface area contributed by atoms with Crippen LogP contribution >= 0.6 is 0 Å². The van der Waals surface area contributed by atoms with Gasteiger partial charge in [-0.05, 0) is 166 Å². The predicted molar refractivity (Wildman–Crippen MR) is 264 cm³/mol. The summed E-state index contributed by atoms with van der Waals surface area (Å²) < 4.78 is 154. The third-order valence-electron chi connectivity index (χ3n) is 16.0. The Morgan fingerprint density at radius 2 is 0.792 bits per heavy atom. The molecule has 2 saturated heterocycles. The number of rotatable bonds is 0. The summed E-state index contributed by atoms with van der Waals surface area (Å²) in [5.41, 5.74) is 6.65. The summed E-state index contributed by atoms with van der Waals surface area (Å²) in [7, 11) is 0. The fourth-order valence-corrected chi connectivity index (χ4v) is 11.4. The second-order valence-electron chi connectivity index (χ2n) is 20.9. The van der Waals surface area contributed by atoms with Crippen molar-refractivity contribution in [2.24, 2.45) is 23.7 Å². The summed E-state index contributed by atoms with van der Waals surface area (Å²) in [4.78, 5) is 34.6. The number of halogens is 10. The lowest BCUT2D eigenvalue weighted by Gasteiger charge is -2.39. The van der Waals surface area contributed by atoms with Gasteiger partial charge in [-0.2, -0.15) is 0 Å². The molecular weight excluding hydrogens is 1020 g/mol. The zero-order valence-electron chi connectivity index (χ0n) is 43.7. The molecule has 12 rings (SSSR count). The molecule has 2 fully saturated rings. The van der Waals surface area contributed by atoms with Gasteiger partial charge >= 0.3 is 0 Å². The lowest BCUT2D eigenvalue weighted by Crippen LogP contribution is -2.39. The second-order valence-corrected chi connectivity index (χ2v) is 20.9. The van der Waals surface area contributed by atoms with Gasteiger partial charge in [0.15, 0.2) is 87.1 Å². The van der Waals surface area contributed by atoms with Gasteiger partial charge < -0.3 is 18.9 Å². The molecule has 4 atom stereocenters. The average molecular weight is 1080 g/mol. The zero-order valence-corrected chi connectivity index (χ0v) is 43.7. The minimum absolute atomic E-state index is 0.0711. The molecular formula is C60H60F10O7. The Labute approximate surface area is 440 Å². The Morgan fingerprint density at radius 3 is 1.38 bits per heavy atom. The fourth-order valence-electron chi connectivity index (χ4n) is 11.4. The summed E-state index contributed by atoms with van der Waals surface area (Å²) in [6.45, 7) is 12.8. The van der Waals surface area contributed by atoms with Crippen LogP contribution in [0.4, 0.5) is 43.9 Å². The highest BCUT2D eigenvalue weighted by Gasteiger charge is 2.49. The van der Waals surface area contributed by atoms with E-state index in [-0.39, 0.29) is 46.6 Å². The first kappa shape index (κ1) is 57.4. The van der Waals surface area contributed by atoms with Crippen LogP contribution in [-0.4, -0.2) is 43.8 Å². The first-order valence-corrected chi connectivity index (χ1v) is 26.1. The summed E-state index contributed by atoms with van der Waals surface area (Å²) in [6.07, 6.45) is 7.79. The van der Waals surface area contributed by atoms with Crippen molar-refractivity contribution in [3.05, 3.63) is 173 Å². The van der Waals surface area contributed by atoms with Crippen LogP contribution in [-0.2, 0) is 62.6 Å². The number of fused-ring (bicyclic) bond motifs is 7. The molecule has 5 aliphatic carbocycles. The van der Waals surface area contributed by atoms with E-state index in [0.717, 1.165) is 86.4 Å². The monoisotopic (exact) mass is 1080 g/mol. The molecule has 2 aliphatic heterocycles. The minimum atomic E-state index is -0.939. The summed E-state index contributed by atoms with van der Waals surface area (Å²) >= 11 is 0. The van der Waals surface area contributed by atoms with E-state index in [1.807, 2.05) is 27.7 Å². The van der Waals surface area contributed by atoms with Crippen molar-refractivity contribution in [3.63, 3.8) is 0 Å². The summed E-state index contributed by atoms with van der Waals surface area (Å²) in [5, 5.41) is 0. The quantitative estimate of drug-likeness (QED) is 0.143. The number of benzene rings is 5. The summed E-state index contributed by atoms with van der Waals surface area (Å²) in [6, 6.07) is 9.06. The van der Waals surface area contributed by atoms with E-state index in [4.69, 9.17) is 18.9 Å². The molecule has 412 valence electrons. The van der Waals surface area contributed by atoms with Crippen LogP contribution in [0.15, 0.2) is 48.5 Å². The van der Waals surface area contributed by atoms with Gasteiger partial charge in [-0.25, -0.2) is 43.9 Å². The number of carbonyl (C=O) groups excluding carboxylic acids is 3. The molecule has 5 aromatic rings. The molecule has 0 N–H and O–H groups in total. The molecule has 0 amide bonds. The maximum absolute atomic E-state index is 13.6. The lowest BCUT2D eigenvalue weighted by molar-refractivity contribution is -0.207. The van der Waals surface area contributed by atoms with Gasteiger partial charge in [0.05, 0.1) is 26.4 Å². The van der Waals surface area contributed by atoms with E-state index in [1.165, 1.54) is 25.1 Å². The van der Waals surface area contributed by atoms with Crippen LogP contribution < -0.4 is 0 Å². The molecule has 7 nitrogen and oxygen atoms in total. The number of ketones is 3. The third kappa shape index (κ3) is 11.3. The molecule has 0 aromatic heterocycles. The predicted octanol–water partition coefficient (Wildman–Crippen LogP) is 14.1. The fraction of sp³-hybridized carbons (Fsp3) is 0.450. The Bertz CT molecular complexity index is 3110. The van der Waals surface area contributed by atoms with Crippen molar-refractivity contribution < 1.29 is 77.2 Å².